The second kappa shape index (κ2) is 5.00. The molecule has 1 N–H and O–H groups in total. The van der Waals surface area contributed by atoms with E-state index in [1.54, 1.807) is 6.20 Å². The van der Waals surface area contributed by atoms with Crippen LogP contribution in [0.5, 0.6) is 0 Å². The molecule has 2 atom stereocenters. The highest BCUT2D eigenvalue weighted by molar-refractivity contribution is 5.43. The van der Waals surface area contributed by atoms with Crippen molar-refractivity contribution in [3.8, 4) is 0 Å². The van der Waals surface area contributed by atoms with Crippen molar-refractivity contribution in [2.45, 2.75) is 26.9 Å². The number of aliphatic hydroxyl groups is 1. The number of halogens is 1. The first-order valence-electron chi connectivity index (χ1n) is 6.11. The van der Waals surface area contributed by atoms with Crippen LogP contribution in [0.2, 0.25) is 0 Å². The van der Waals surface area contributed by atoms with Crippen LogP contribution in [-0.2, 0) is 6.61 Å². The Bertz CT molecular complexity index is 387. The van der Waals surface area contributed by atoms with Crippen molar-refractivity contribution in [1.29, 1.82) is 0 Å². The second-order valence-corrected chi connectivity index (χ2v) is 5.12. The average Bonchev–Trinajstić information content (AvgIpc) is 2.28. The van der Waals surface area contributed by atoms with Crippen molar-refractivity contribution in [3.63, 3.8) is 0 Å². The highest BCUT2D eigenvalue weighted by atomic mass is 19.1. The number of aliphatic hydroxyl groups excluding tert-OH is 1. The van der Waals surface area contributed by atoms with Crippen LogP contribution >= 0.6 is 0 Å². The quantitative estimate of drug-likeness (QED) is 0.858. The van der Waals surface area contributed by atoms with E-state index in [9.17, 15) is 4.39 Å². The number of nitrogens with zero attached hydrogens (tertiary/aromatic N) is 2. The predicted octanol–water partition coefficient (Wildman–Crippen LogP) is 2.20. The largest absolute Gasteiger partial charge is 0.392 e. The van der Waals surface area contributed by atoms with Gasteiger partial charge >= 0.3 is 0 Å². The summed E-state index contributed by atoms with van der Waals surface area (Å²) in [6, 6.07) is 1.52. The van der Waals surface area contributed by atoms with Crippen LogP contribution in [0.25, 0.3) is 0 Å². The lowest BCUT2D eigenvalue weighted by Gasteiger charge is -2.36. The first kappa shape index (κ1) is 12.3. The molecule has 0 aliphatic carbocycles. The summed E-state index contributed by atoms with van der Waals surface area (Å²) >= 11 is 0. The van der Waals surface area contributed by atoms with Gasteiger partial charge in [0, 0.05) is 24.8 Å². The summed E-state index contributed by atoms with van der Waals surface area (Å²) in [5.41, 5.74) is 0.320. The molecule has 1 aliphatic heterocycles. The Kier molecular flexibility index (Phi) is 3.62. The third kappa shape index (κ3) is 2.57. The number of anilines is 1. The zero-order chi connectivity index (χ0) is 12.4. The minimum absolute atomic E-state index is 0.277. The molecule has 2 rings (SSSR count). The summed E-state index contributed by atoms with van der Waals surface area (Å²) in [5, 5.41) is 9.06. The number of pyridine rings is 1. The molecule has 0 radical (unpaired) electrons. The zero-order valence-electron chi connectivity index (χ0n) is 10.4. The highest BCUT2D eigenvalue weighted by Gasteiger charge is 2.25. The first-order chi connectivity index (χ1) is 8.11. The summed E-state index contributed by atoms with van der Waals surface area (Å²) in [4.78, 5) is 6.11. The van der Waals surface area contributed by atoms with Gasteiger partial charge in [-0.25, -0.2) is 9.37 Å². The second-order valence-electron chi connectivity index (χ2n) is 5.12. The zero-order valence-corrected chi connectivity index (χ0v) is 10.4. The Morgan fingerprint density at radius 3 is 2.65 bits per heavy atom. The number of rotatable bonds is 2. The molecule has 0 spiro atoms. The van der Waals surface area contributed by atoms with Crippen molar-refractivity contribution in [2.24, 2.45) is 11.8 Å². The van der Waals surface area contributed by atoms with Gasteiger partial charge in [-0.1, -0.05) is 13.8 Å². The van der Waals surface area contributed by atoms with E-state index in [1.165, 1.54) is 12.5 Å². The minimum Gasteiger partial charge on any atom is -0.392 e. The van der Waals surface area contributed by atoms with Crippen molar-refractivity contribution in [1.82, 2.24) is 4.98 Å². The SMILES string of the molecule is CC1CC(C)CN(c2nccc(CO)c2F)C1. The Labute approximate surface area is 101 Å². The predicted molar refractivity (Wildman–Crippen MR) is 65.3 cm³/mol. The van der Waals surface area contributed by atoms with Gasteiger partial charge in [0.15, 0.2) is 11.6 Å². The van der Waals surface area contributed by atoms with E-state index in [0.717, 1.165) is 13.1 Å². The van der Waals surface area contributed by atoms with Gasteiger partial charge in [0.05, 0.1) is 6.61 Å². The van der Waals surface area contributed by atoms with E-state index >= 15 is 0 Å². The van der Waals surface area contributed by atoms with E-state index in [0.29, 0.717) is 23.2 Å². The third-order valence-corrected chi connectivity index (χ3v) is 3.29. The smallest absolute Gasteiger partial charge is 0.171 e. The van der Waals surface area contributed by atoms with Crippen molar-refractivity contribution < 1.29 is 9.50 Å². The third-order valence-electron chi connectivity index (χ3n) is 3.29. The Morgan fingerprint density at radius 1 is 1.41 bits per heavy atom. The summed E-state index contributed by atoms with van der Waals surface area (Å²) in [5.74, 6) is 1.11. The Hall–Kier alpha value is -1.16. The highest BCUT2D eigenvalue weighted by Crippen LogP contribution is 2.27. The van der Waals surface area contributed by atoms with E-state index in [4.69, 9.17) is 5.11 Å². The van der Waals surface area contributed by atoms with Gasteiger partial charge in [0.2, 0.25) is 0 Å². The molecule has 4 heteroatoms. The molecule has 0 aromatic carbocycles. The lowest BCUT2D eigenvalue weighted by Crippen LogP contribution is -2.39. The molecule has 2 heterocycles. The Balaban J connectivity index is 2.27. The van der Waals surface area contributed by atoms with Crippen LogP contribution in [-0.4, -0.2) is 23.2 Å². The van der Waals surface area contributed by atoms with Crippen molar-refractivity contribution in [3.05, 3.63) is 23.6 Å². The maximum Gasteiger partial charge on any atom is 0.171 e. The Morgan fingerprint density at radius 2 is 2.06 bits per heavy atom. The molecule has 2 unspecified atom stereocenters. The molecule has 1 fully saturated rings. The minimum atomic E-state index is -0.378. The fourth-order valence-electron chi connectivity index (χ4n) is 2.65. The van der Waals surface area contributed by atoms with Crippen LogP contribution < -0.4 is 4.90 Å². The molecular formula is C13H19FN2O. The summed E-state index contributed by atoms with van der Waals surface area (Å²) in [6.07, 6.45) is 2.74. The molecule has 0 amide bonds. The molecule has 94 valence electrons. The number of hydrogen-bond acceptors (Lipinski definition) is 3. The van der Waals surface area contributed by atoms with Gasteiger partial charge in [-0.2, -0.15) is 0 Å². The van der Waals surface area contributed by atoms with Crippen molar-refractivity contribution >= 4 is 5.82 Å². The summed E-state index contributed by atoms with van der Waals surface area (Å²) in [7, 11) is 0. The van der Waals surface area contributed by atoms with Crippen LogP contribution in [0.15, 0.2) is 12.3 Å². The van der Waals surface area contributed by atoms with E-state index in [2.05, 4.69) is 18.8 Å². The first-order valence-corrected chi connectivity index (χ1v) is 6.11. The number of piperidine rings is 1. The van der Waals surface area contributed by atoms with Crippen LogP contribution in [0.4, 0.5) is 10.2 Å². The average molecular weight is 238 g/mol. The maximum atomic E-state index is 14.0. The molecule has 3 nitrogen and oxygen atoms in total. The number of aromatic nitrogens is 1. The number of hydrogen-bond donors (Lipinski definition) is 1. The van der Waals surface area contributed by atoms with Gasteiger partial charge in [0.1, 0.15) is 0 Å². The lowest BCUT2D eigenvalue weighted by atomic mass is 9.92. The van der Waals surface area contributed by atoms with E-state index in [1.807, 2.05) is 4.90 Å². The van der Waals surface area contributed by atoms with Gasteiger partial charge in [0.25, 0.3) is 0 Å². The monoisotopic (exact) mass is 238 g/mol. The summed E-state index contributed by atoms with van der Waals surface area (Å²) < 4.78 is 14.0. The normalized spacial score (nSPS) is 25.1. The van der Waals surface area contributed by atoms with E-state index < -0.39 is 0 Å². The molecule has 17 heavy (non-hydrogen) atoms. The molecular weight excluding hydrogens is 219 g/mol. The molecule has 0 bridgehead atoms. The lowest BCUT2D eigenvalue weighted by molar-refractivity contribution is 0.275. The van der Waals surface area contributed by atoms with Crippen LogP contribution in [0.3, 0.4) is 0 Å². The molecule has 1 aromatic heterocycles. The topological polar surface area (TPSA) is 36.4 Å². The summed E-state index contributed by atoms with van der Waals surface area (Å²) in [6.45, 7) is 5.75. The van der Waals surface area contributed by atoms with Crippen LogP contribution in [0.1, 0.15) is 25.8 Å². The van der Waals surface area contributed by atoms with Gasteiger partial charge in [-0.15, -0.1) is 0 Å². The van der Waals surface area contributed by atoms with Crippen LogP contribution in [0, 0.1) is 17.7 Å². The fraction of sp³-hybridized carbons (Fsp3) is 0.615. The molecule has 1 aliphatic rings. The molecule has 1 aromatic rings. The maximum absolute atomic E-state index is 14.0. The molecule has 0 saturated carbocycles. The van der Waals surface area contributed by atoms with Gasteiger partial charge in [-0.3, -0.25) is 0 Å². The van der Waals surface area contributed by atoms with Gasteiger partial charge < -0.3 is 10.0 Å². The fourth-order valence-corrected chi connectivity index (χ4v) is 2.65. The molecule has 1 saturated heterocycles. The van der Waals surface area contributed by atoms with E-state index in [-0.39, 0.29) is 12.4 Å². The van der Waals surface area contributed by atoms with Gasteiger partial charge in [-0.05, 0) is 24.3 Å². The van der Waals surface area contributed by atoms with Crippen molar-refractivity contribution in [2.75, 3.05) is 18.0 Å². The standard InChI is InChI=1S/C13H19FN2O/c1-9-5-10(2)7-16(6-9)13-12(14)11(8-17)3-4-15-13/h3-4,9-10,17H,5-8H2,1-2H3.